The Labute approximate surface area is 195 Å². The van der Waals surface area contributed by atoms with Crippen LogP contribution in [-0.2, 0) is 0 Å². The Balaban J connectivity index is 1.56. The zero-order valence-electron chi connectivity index (χ0n) is 18.3. The summed E-state index contributed by atoms with van der Waals surface area (Å²) in [5.74, 6) is -0.188. The summed E-state index contributed by atoms with van der Waals surface area (Å²) in [5.41, 5.74) is 4.31. The fourth-order valence-electron chi connectivity index (χ4n) is 4.62. The molecule has 1 amide bonds. The zero-order valence-corrected chi connectivity index (χ0v) is 18.3. The van der Waals surface area contributed by atoms with Gasteiger partial charge in [0.2, 0.25) is 0 Å². The smallest absolute Gasteiger partial charge is 0.258 e. The van der Waals surface area contributed by atoms with Gasteiger partial charge in [-0.2, -0.15) is 0 Å². The molecule has 1 heterocycles. The van der Waals surface area contributed by atoms with Gasteiger partial charge in [-0.3, -0.25) is 4.79 Å². The highest BCUT2D eigenvalue weighted by Gasteiger charge is 2.19. The average Bonchev–Trinajstić information content (AvgIpc) is 2.91. The molecule has 0 aliphatic rings. The van der Waals surface area contributed by atoms with Gasteiger partial charge in [-0.05, 0) is 41.1 Å². The number of aliphatic hydroxyl groups is 1. The lowest BCUT2D eigenvalue weighted by atomic mass is 9.99. The first-order valence-electron chi connectivity index (χ1n) is 11.2. The highest BCUT2D eigenvalue weighted by Crippen LogP contribution is 2.34. The van der Waals surface area contributed by atoms with Crippen LogP contribution < -0.4 is 4.90 Å². The van der Waals surface area contributed by atoms with Gasteiger partial charge in [0.15, 0.2) is 0 Å². The number of fused-ring (bicyclic) bond motifs is 7. The predicted molar refractivity (Wildman–Crippen MR) is 137 cm³/mol. The molecule has 5 nitrogen and oxygen atoms in total. The second kappa shape index (κ2) is 8.21. The second-order valence-corrected chi connectivity index (χ2v) is 8.23. The molecular formula is C29H21N3O2. The monoisotopic (exact) mass is 443 g/mol. The molecule has 6 rings (SSSR count). The highest BCUT2D eigenvalue weighted by atomic mass is 16.3. The molecule has 6 aromatic rings. The molecule has 0 saturated heterocycles. The number of anilines is 1. The lowest BCUT2D eigenvalue weighted by Gasteiger charge is -2.22. The van der Waals surface area contributed by atoms with E-state index in [9.17, 15) is 9.90 Å². The fourth-order valence-corrected chi connectivity index (χ4v) is 4.62. The molecule has 34 heavy (non-hydrogen) atoms. The topological polar surface area (TPSA) is 66.3 Å². The molecule has 1 aromatic heterocycles. The number of amides is 1. The number of hydrogen-bond acceptors (Lipinski definition) is 4. The van der Waals surface area contributed by atoms with Crippen molar-refractivity contribution < 1.29 is 9.90 Å². The van der Waals surface area contributed by atoms with Crippen molar-refractivity contribution in [1.29, 1.82) is 0 Å². The molecule has 0 spiro atoms. The van der Waals surface area contributed by atoms with E-state index in [1.807, 2.05) is 60.7 Å². The molecule has 0 atom stereocenters. The van der Waals surface area contributed by atoms with Gasteiger partial charge in [0.25, 0.3) is 5.91 Å². The summed E-state index contributed by atoms with van der Waals surface area (Å²) in [6.45, 7) is 0.0820. The third-order valence-corrected chi connectivity index (χ3v) is 6.20. The number of benzene rings is 5. The molecule has 0 radical (unpaired) electrons. The van der Waals surface area contributed by atoms with Gasteiger partial charge < -0.3 is 10.0 Å². The predicted octanol–water partition coefficient (Wildman–Crippen LogP) is 5.73. The number of rotatable bonds is 4. The SMILES string of the molecule is O=C(c1ccc2nc3c4ccccc4c4ccccc4c3nc2c1)N(CCO)c1ccccc1. The van der Waals surface area contributed by atoms with Gasteiger partial charge >= 0.3 is 0 Å². The van der Waals surface area contributed by atoms with Crippen LogP contribution in [-0.4, -0.2) is 34.1 Å². The van der Waals surface area contributed by atoms with Gasteiger partial charge in [0.1, 0.15) is 0 Å². The first kappa shape index (κ1) is 20.3. The summed E-state index contributed by atoms with van der Waals surface area (Å²) < 4.78 is 0. The van der Waals surface area contributed by atoms with Crippen LogP contribution in [0.4, 0.5) is 5.69 Å². The molecule has 164 valence electrons. The summed E-state index contributed by atoms with van der Waals surface area (Å²) in [5, 5.41) is 13.9. The minimum atomic E-state index is -0.188. The van der Waals surface area contributed by atoms with Gasteiger partial charge in [-0.25, -0.2) is 9.97 Å². The molecule has 0 saturated carbocycles. The van der Waals surface area contributed by atoms with E-state index in [1.165, 1.54) is 0 Å². The molecule has 5 aromatic carbocycles. The molecule has 1 N–H and O–H groups in total. The maximum absolute atomic E-state index is 13.4. The quantitative estimate of drug-likeness (QED) is 0.279. The van der Waals surface area contributed by atoms with Crippen molar-refractivity contribution in [3.63, 3.8) is 0 Å². The first-order chi connectivity index (χ1) is 16.7. The molecule has 0 fully saturated rings. The van der Waals surface area contributed by atoms with Crippen LogP contribution in [0.25, 0.3) is 43.6 Å². The molecule has 5 heteroatoms. The average molecular weight is 444 g/mol. The number of aliphatic hydroxyl groups excluding tert-OH is 1. The Morgan fingerprint density at radius 1 is 0.676 bits per heavy atom. The minimum Gasteiger partial charge on any atom is -0.395 e. The number of carbonyl (C=O) groups excluding carboxylic acids is 1. The van der Waals surface area contributed by atoms with Crippen molar-refractivity contribution >= 4 is 55.2 Å². The van der Waals surface area contributed by atoms with Crippen LogP contribution in [0.1, 0.15) is 10.4 Å². The lowest BCUT2D eigenvalue weighted by Crippen LogP contribution is -2.33. The van der Waals surface area contributed by atoms with Crippen molar-refractivity contribution in [2.75, 3.05) is 18.1 Å². The summed E-state index contributed by atoms with van der Waals surface area (Å²) >= 11 is 0. The standard InChI is InChI=1S/C29H21N3O2/c33-17-16-32(20-8-2-1-3-9-20)29(34)19-14-15-25-26(18-19)31-28-24-13-7-5-11-22(24)21-10-4-6-12-23(21)27(28)30-25/h1-15,18,33H,16-17H2. The zero-order chi connectivity index (χ0) is 23.1. The summed E-state index contributed by atoms with van der Waals surface area (Å²) in [7, 11) is 0. The van der Waals surface area contributed by atoms with E-state index in [-0.39, 0.29) is 19.1 Å². The van der Waals surface area contributed by atoms with Crippen molar-refractivity contribution in [2.24, 2.45) is 0 Å². The Bertz CT molecular complexity index is 1700. The van der Waals surface area contributed by atoms with Crippen LogP contribution in [0.5, 0.6) is 0 Å². The largest absolute Gasteiger partial charge is 0.395 e. The molecule has 0 aliphatic carbocycles. The van der Waals surface area contributed by atoms with E-state index in [4.69, 9.17) is 9.97 Å². The van der Waals surface area contributed by atoms with Crippen molar-refractivity contribution in [2.45, 2.75) is 0 Å². The van der Waals surface area contributed by atoms with Gasteiger partial charge in [0.05, 0.1) is 28.7 Å². The number of hydrogen-bond donors (Lipinski definition) is 1. The molecule has 0 aliphatic heterocycles. The van der Waals surface area contributed by atoms with Crippen LogP contribution >= 0.6 is 0 Å². The van der Waals surface area contributed by atoms with E-state index in [0.29, 0.717) is 11.1 Å². The summed E-state index contributed by atoms with van der Waals surface area (Å²) in [4.78, 5) is 24.9. The second-order valence-electron chi connectivity index (χ2n) is 8.23. The van der Waals surface area contributed by atoms with Gasteiger partial charge in [0, 0.05) is 28.6 Å². The highest BCUT2D eigenvalue weighted by molar-refractivity contribution is 6.23. The fraction of sp³-hybridized carbons (Fsp3) is 0.0690. The maximum Gasteiger partial charge on any atom is 0.258 e. The van der Waals surface area contributed by atoms with Gasteiger partial charge in [-0.1, -0.05) is 66.7 Å². The molecule has 0 bridgehead atoms. The van der Waals surface area contributed by atoms with Crippen molar-refractivity contribution in [3.05, 3.63) is 103 Å². The summed E-state index contributed by atoms with van der Waals surface area (Å²) in [6.07, 6.45) is 0. The van der Waals surface area contributed by atoms with Gasteiger partial charge in [-0.15, -0.1) is 0 Å². The van der Waals surface area contributed by atoms with E-state index < -0.39 is 0 Å². The van der Waals surface area contributed by atoms with E-state index in [1.54, 1.807) is 17.0 Å². The lowest BCUT2D eigenvalue weighted by molar-refractivity contribution is 0.0981. The van der Waals surface area contributed by atoms with E-state index >= 15 is 0 Å². The Hall–Kier alpha value is -4.35. The number of para-hydroxylation sites is 1. The number of carbonyl (C=O) groups is 1. The van der Waals surface area contributed by atoms with Crippen LogP contribution in [0.3, 0.4) is 0 Å². The summed E-state index contributed by atoms with van der Waals surface area (Å²) in [6, 6.07) is 31.3. The van der Waals surface area contributed by atoms with Crippen molar-refractivity contribution in [1.82, 2.24) is 9.97 Å². The first-order valence-corrected chi connectivity index (χ1v) is 11.2. The Morgan fingerprint density at radius 3 is 1.85 bits per heavy atom. The third-order valence-electron chi connectivity index (χ3n) is 6.20. The number of aromatic nitrogens is 2. The van der Waals surface area contributed by atoms with Crippen LogP contribution in [0.15, 0.2) is 97.1 Å². The minimum absolute atomic E-state index is 0.127. The normalized spacial score (nSPS) is 11.4. The number of nitrogens with zero attached hydrogens (tertiary/aromatic N) is 3. The Morgan fingerprint density at radius 2 is 1.24 bits per heavy atom. The maximum atomic E-state index is 13.4. The molecule has 0 unspecified atom stereocenters. The molecular weight excluding hydrogens is 422 g/mol. The third kappa shape index (κ3) is 3.26. The van der Waals surface area contributed by atoms with E-state index in [0.717, 1.165) is 43.8 Å². The van der Waals surface area contributed by atoms with Crippen LogP contribution in [0.2, 0.25) is 0 Å². The Kier molecular flexibility index (Phi) is 4.90. The van der Waals surface area contributed by atoms with E-state index in [2.05, 4.69) is 24.3 Å². The van der Waals surface area contributed by atoms with Crippen molar-refractivity contribution in [3.8, 4) is 0 Å². The van der Waals surface area contributed by atoms with Crippen LogP contribution in [0, 0.1) is 0 Å².